The Morgan fingerprint density at radius 1 is 0.756 bits per heavy atom. The lowest BCUT2D eigenvalue weighted by molar-refractivity contribution is 0.104. The van der Waals surface area contributed by atoms with Crippen LogP contribution in [-0.2, 0) is 19.5 Å². The summed E-state index contributed by atoms with van der Waals surface area (Å²) in [5, 5.41) is 0. The maximum atomic E-state index is 13.3. The molecule has 5 heteroatoms. The van der Waals surface area contributed by atoms with E-state index in [2.05, 4.69) is 113 Å². The number of fused-ring (bicyclic) bond motifs is 1. The van der Waals surface area contributed by atoms with Crippen LogP contribution < -0.4 is 9.64 Å². The van der Waals surface area contributed by atoms with Crippen molar-refractivity contribution in [2.24, 2.45) is 0 Å². The van der Waals surface area contributed by atoms with Crippen LogP contribution in [-0.4, -0.2) is 62.0 Å². The average Bonchev–Trinajstić information content (AvgIpc) is 3.38. The minimum absolute atomic E-state index is 0.120. The molecular weight excluding hydrogens is 554 g/mol. The van der Waals surface area contributed by atoms with E-state index in [9.17, 15) is 4.79 Å². The highest BCUT2D eigenvalue weighted by molar-refractivity contribution is 6.15. The van der Waals surface area contributed by atoms with Gasteiger partial charge in [0.15, 0.2) is 5.78 Å². The molecular formula is C40H45N3O2. The van der Waals surface area contributed by atoms with Gasteiger partial charge in [-0.2, -0.15) is 0 Å². The summed E-state index contributed by atoms with van der Waals surface area (Å²) in [6.07, 6.45) is 6.09. The lowest BCUT2D eigenvalue weighted by atomic mass is 10.1. The normalized spacial score (nSPS) is 16.0. The van der Waals surface area contributed by atoms with Crippen molar-refractivity contribution in [2.75, 3.05) is 51.3 Å². The van der Waals surface area contributed by atoms with Gasteiger partial charge in [0.25, 0.3) is 0 Å². The van der Waals surface area contributed by atoms with Gasteiger partial charge in [-0.15, -0.1) is 0 Å². The lowest BCUT2D eigenvalue weighted by Crippen LogP contribution is -2.46. The number of piperazine rings is 1. The van der Waals surface area contributed by atoms with Gasteiger partial charge >= 0.3 is 0 Å². The molecule has 4 aromatic carbocycles. The Labute approximate surface area is 268 Å². The van der Waals surface area contributed by atoms with Gasteiger partial charge in [0.2, 0.25) is 0 Å². The van der Waals surface area contributed by atoms with Crippen LogP contribution in [0.25, 0.3) is 6.08 Å². The van der Waals surface area contributed by atoms with Crippen molar-refractivity contribution >= 4 is 17.5 Å². The number of Topliss-reactive ketones (excluding diaryl/α,β-unsaturated/α-hetero) is 1. The summed E-state index contributed by atoms with van der Waals surface area (Å²) in [5.74, 6) is 0.916. The molecule has 0 spiro atoms. The number of nitrogens with zero attached hydrogens (tertiary/aromatic N) is 3. The molecule has 4 aromatic rings. The van der Waals surface area contributed by atoms with E-state index in [1.165, 1.54) is 23.2 Å². The number of hydrogen-bond acceptors (Lipinski definition) is 5. The molecule has 0 aromatic heterocycles. The molecule has 1 fully saturated rings. The van der Waals surface area contributed by atoms with Crippen molar-refractivity contribution < 1.29 is 9.53 Å². The van der Waals surface area contributed by atoms with E-state index in [1.807, 2.05) is 18.2 Å². The van der Waals surface area contributed by atoms with Crippen molar-refractivity contribution in [1.29, 1.82) is 0 Å². The quantitative estimate of drug-likeness (QED) is 0.117. The number of carbonyl (C=O) groups is 1. The molecule has 0 bridgehead atoms. The fourth-order valence-electron chi connectivity index (χ4n) is 6.44. The first-order valence-corrected chi connectivity index (χ1v) is 16.5. The number of benzene rings is 4. The van der Waals surface area contributed by atoms with Crippen LogP contribution in [0.15, 0.2) is 109 Å². The predicted molar refractivity (Wildman–Crippen MR) is 185 cm³/mol. The number of carbonyl (C=O) groups excluding carboxylic acids is 1. The molecule has 0 atom stereocenters. The van der Waals surface area contributed by atoms with Gasteiger partial charge in [-0.25, -0.2) is 0 Å². The Morgan fingerprint density at radius 3 is 2.18 bits per heavy atom. The monoisotopic (exact) mass is 599 g/mol. The van der Waals surface area contributed by atoms with E-state index in [0.29, 0.717) is 13.0 Å². The Morgan fingerprint density at radius 2 is 1.44 bits per heavy atom. The number of ether oxygens (including phenoxy) is 1. The average molecular weight is 600 g/mol. The van der Waals surface area contributed by atoms with Crippen molar-refractivity contribution in [1.82, 2.24) is 9.80 Å². The summed E-state index contributed by atoms with van der Waals surface area (Å²) in [6, 6.07) is 35.9. The molecule has 1 aliphatic heterocycles. The molecule has 45 heavy (non-hydrogen) atoms. The number of rotatable bonds is 13. The third-order valence-corrected chi connectivity index (χ3v) is 8.95. The van der Waals surface area contributed by atoms with Crippen LogP contribution in [0.2, 0.25) is 0 Å². The molecule has 2 aliphatic rings. The predicted octanol–water partition coefficient (Wildman–Crippen LogP) is 7.51. The number of anilines is 1. The summed E-state index contributed by atoms with van der Waals surface area (Å²) in [6.45, 7) is 8.08. The standard InChI is InChI=1S/C40H45N3O2/c1-41(30-33-11-5-2-6-12-33)31-34-17-15-32(16-18-34)27-36-28-35-19-20-38(29-39(35)40(36)44)45-26-10-4-9-21-42-22-24-43(25-23-42)37-13-7-3-8-14-37/h2-3,5-8,11-20,27,29H,4,9-10,21-26,28,30-31H2,1H3/b36-27+. The molecule has 6 rings (SSSR count). The lowest BCUT2D eigenvalue weighted by Gasteiger charge is -2.36. The second kappa shape index (κ2) is 15.2. The molecule has 0 saturated carbocycles. The van der Waals surface area contributed by atoms with E-state index in [-0.39, 0.29) is 5.78 Å². The van der Waals surface area contributed by atoms with Gasteiger partial charge in [0.1, 0.15) is 5.75 Å². The zero-order valence-corrected chi connectivity index (χ0v) is 26.5. The maximum absolute atomic E-state index is 13.3. The highest BCUT2D eigenvalue weighted by Gasteiger charge is 2.25. The van der Waals surface area contributed by atoms with Crippen LogP contribution in [0, 0.1) is 0 Å². The summed E-state index contributed by atoms with van der Waals surface area (Å²) in [4.78, 5) is 20.6. The SMILES string of the molecule is CN(Cc1ccccc1)Cc1ccc(/C=C2\Cc3ccc(OCCCCCN4CCN(c5ccccc5)CC4)cc3C2=O)cc1. The zero-order chi connectivity index (χ0) is 30.8. The zero-order valence-electron chi connectivity index (χ0n) is 26.5. The molecule has 0 amide bonds. The Hall–Kier alpha value is -4.19. The van der Waals surface area contributed by atoms with Crippen molar-refractivity contribution in [3.63, 3.8) is 0 Å². The first-order chi connectivity index (χ1) is 22.1. The van der Waals surface area contributed by atoms with Gasteiger partial charge in [-0.05, 0) is 85.5 Å². The van der Waals surface area contributed by atoms with Crippen molar-refractivity contribution in [3.8, 4) is 5.75 Å². The van der Waals surface area contributed by atoms with Crippen LogP contribution in [0.1, 0.15) is 51.9 Å². The van der Waals surface area contributed by atoms with Crippen LogP contribution in [0.4, 0.5) is 5.69 Å². The Bertz CT molecular complexity index is 1560. The van der Waals surface area contributed by atoms with Crippen molar-refractivity contribution in [2.45, 2.75) is 38.8 Å². The number of allylic oxidation sites excluding steroid dienone is 1. The fourth-order valence-corrected chi connectivity index (χ4v) is 6.44. The van der Waals surface area contributed by atoms with E-state index in [0.717, 1.165) is 86.7 Å². The topological polar surface area (TPSA) is 36.0 Å². The second-order valence-corrected chi connectivity index (χ2v) is 12.5. The van der Waals surface area contributed by atoms with Gasteiger partial charge in [0.05, 0.1) is 6.61 Å². The molecule has 0 unspecified atom stereocenters. The van der Waals surface area contributed by atoms with E-state index < -0.39 is 0 Å². The molecule has 0 N–H and O–H groups in total. The minimum atomic E-state index is 0.120. The smallest absolute Gasteiger partial charge is 0.189 e. The molecule has 1 heterocycles. The molecule has 1 saturated heterocycles. The summed E-state index contributed by atoms with van der Waals surface area (Å²) < 4.78 is 6.07. The molecule has 5 nitrogen and oxygen atoms in total. The van der Waals surface area contributed by atoms with Gasteiger partial charge in [-0.3, -0.25) is 14.6 Å². The first kappa shape index (κ1) is 30.8. The Balaban J connectivity index is 0.912. The van der Waals surface area contributed by atoms with Gasteiger partial charge in [-0.1, -0.05) is 78.9 Å². The summed E-state index contributed by atoms with van der Waals surface area (Å²) in [5.41, 5.74) is 7.70. The summed E-state index contributed by atoms with van der Waals surface area (Å²) in [7, 11) is 2.14. The number of hydrogen-bond donors (Lipinski definition) is 0. The minimum Gasteiger partial charge on any atom is -0.494 e. The molecule has 232 valence electrons. The third kappa shape index (κ3) is 8.50. The second-order valence-electron chi connectivity index (χ2n) is 12.5. The largest absolute Gasteiger partial charge is 0.494 e. The van der Waals surface area contributed by atoms with E-state index in [4.69, 9.17) is 4.74 Å². The third-order valence-electron chi connectivity index (χ3n) is 8.95. The number of unbranched alkanes of at least 4 members (excludes halogenated alkanes) is 2. The number of para-hydroxylation sites is 1. The molecule has 0 radical (unpaired) electrons. The van der Waals surface area contributed by atoms with Crippen LogP contribution in [0.3, 0.4) is 0 Å². The fraction of sp³-hybridized carbons (Fsp3) is 0.325. The molecule has 1 aliphatic carbocycles. The van der Waals surface area contributed by atoms with Crippen molar-refractivity contribution in [3.05, 3.63) is 137 Å². The maximum Gasteiger partial charge on any atom is 0.189 e. The number of ketones is 1. The Kier molecular flexibility index (Phi) is 10.4. The van der Waals surface area contributed by atoms with Gasteiger partial charge in [0, 0.05) is 62.5 Å². The highest BCUT2D eigenvalue weighted by atomic mass is 16.5. The van der Waals surface area contributed by atoms with E-state index >= 15 is 0 Å². The van der Waals surface area contributed by atoms with Gasteiger partial charge < -0.3 is 9.64 Å². The van der Waals surface area contributed by atoms with Crippen LogP contribution in [0.5, 0.6) is 5.75 Å². The van der Waals surface area contributed by atoms with Crippen LogP contribution >= 0.6 is 0 Å². The summed E-state index contributed by atoms with van der Waals surface area (Å²) >= 11 is 0. The highest BCUT2D eigenvalue weighted by Crippen LogP contribution is 2.31. The first-order valence-electron chi connectivity index (χ1n) is 16.5. The van der Waals surface area contributed by atoms with E-state index in [1.54, 1.807) is 0 Å².